The summed E-state index contributed by atoms with van der Waals surface area (Å²) in [4.78, 5) is 0. The number of fused-ring (bicyclic) bond motifs is 19. The van der Waals surface area contributed by atoms with Crippen LogP contribution in [0.25, 0.3) is 254 Å². The molecule has 0 radical (unpaired) electrons. The lowest BCUT2D eigenvalue weighted by molar-refractivity contribution is 1.18. The highest BCUT2D eigenvalue weighted by Gasteiger charge is 2.24. The zero-order chi connectivity index (χ0) is 93.7. The van der Waals surface area contributed by atoms with Crippen molar-refractivity contribution in [3.63, 3.8) is 0 Å². The van der Waals surface area contributed by atoms with Crippen molar-refractivity contribution >= 4 is 142 Å². The summed E-state index contributed by atoms with van der Waals surface area (Å²) in [7, 11) is 0. The van der Waals surface area contributed by atoms with Crippen molar-refractivity contribution in [2.45, 2.75) is 0 Å². The fraction of sp³-hybridized carbons (Fsp3) is 0. The maximum absolute atomic E-state index is 2.46. The van der Waals surface area contributed by atoms with Gasteiger partial charge in [0.25, 0.3) is 0 Å². The van der Waals surface area contributed by atoms with Crippen molar-refractivity contribution in [3.8, 4) is 112 Å². The van der Waals surface area contributed by atoms with Crippen LogP contribution in [0.5, 0.6) is 0 Å². The molecule has 0 amide bonds. The molecule has 29 aromatic rings. The Morgan fingerprint density at radius 2 is 0.282 bits per heavy atom. The summed E-state index contributed by atoms with van der Waals surface area (Å²) >= 11 is 0. The monoisotopic (exact) mass is 1810 g/mol. The fourth-order valence-electron chi connectivity index (χ4n) is 22.3. The van der Waals surface area contributed by atoms with Gasteiger partial charge in [-0.3, -0.25) is 0 Å². The van der Waals surface area contributed by atoms with E-state index in [2.05, 4.69) is 573 Å². The highest BCUT2D eigenvalue weighted by atomic mass is 15.0. The lowest BCUT2D eigenvalue weighted by Crippen LogP contribution is -1.95. The molecular formula is C136H90N6. The molecule has 23 aromatic carbocycles. The van der Waals surface area contributed by atoms with Crippen LogP contribution in [-0.2, 0) is 0 Å². The average molecular weight is 1810 g/mol. The molecule has 0 saturated heterocycles. The standard InChI is InChI=1S/C48H32N2.C46H30N2.C42H28N2/c1-4-12-33(13-5-1)35-20-25-40(26-21-35)50-47-27-22-36(34-14-6-2-7-15-34)30-43(47)44-32-38(24-29-48(44)50)37-23-28-46-42(31-37)41-18-10-11-19-45(41)49(46)39-16-8-3-9-17-39;1-3-12-31(13-4-1)35-22-25-39-41-29-34(24-27-45(41)48(46(39)30-35)42-21-11-15-32-14-7-8-18-37(32)42)33-23-26-44-40(28-33)38-19-9-10-20-43(38)47(44)36-16-5-2-6-17-36;1-4-12-29(13-5-1)32-20-23-36-38-27-31(22-25-41(38)44(42(36)28-32)34-16-8-3-9-17-34)30-21-24-40-37(26-30)35-18-10-11-19-39(35)43(40)33-14-6-2-7-15-33/h1-32H;1-30H;1-28H. The second-order valence-electron chi connectivity index (χ2n) is 37.0. The third-order valence-corrected chi connectivity index (χ3v) is 28.9. The Labute approximate surface area is 821 Å². The lowest BCUT2D eigenvalue weighted by Gasteiger charge is -2.12. The molecule has 0 aliphatic heterocycles. The number of hydrogen-bond donors (Lipinski definition) is 0. The van der Waals surface area contributed by atoms with Crippen LogP contribution in [-0.4, -0.2) is 27.4 Å². The summed E-state index contributed by atoms with van der Waals surface area (Å²) < 4.78 is 14.4. The second kappa shape index (κ2) is 34.7. The Bertz CT molecular complexity index is 9920. The van der Waals surface area contributed by atoms with Crippen LogP contribution >= 0.6 is 0 Å². The maximum Gasteiger partial charge on any atom is 0.0547 e. The second-order valence-corrected chi connectivity index (χ2v) is 37.0. The molecule has 0 atom stereocenters. The molecule has 0 aliphatic carbocycles. The van der Waals surface area contributed by atoms with Gasteiger partial charge in [-0.2, -0.15) is 0 Å². The summed E-state index contributed by atoms with van der Waals surface area (Å²) in [5.41, 5.74) is 38.6. The van der Waals surface area contributed by atoms with Gasteiger partial charge >= 0.3 is 0 Å². The van der Waals surface area contributed by atoms with E-state index >= 15 is 0 Å². The van der Waals surface area contributed by atoms with Gasteiger partial charge in [-0.15, -0.1) is 0 Å². The van der Waals surface area contributed by atoms with E-state index in [1.165, 1.54) is 248 Å². The van der Waals surface area contributed by atoms with E-state index in [4.69, 9.17) is 0 Å². The SMILES string of the molecule is c1ccc(-c2ccc(-n3c4ccc(-c5ccccc5)cc4c4cc(-c5ccc6c(c5)c5ccccc5n6-c5ccccc5)ccc43)cc2)cc1.c1ccc(-c2ccc3c4cc(-c5ccc6c(c5)c5ccccc5n6-c5ccccc5)ccc4n(-c4cccc5ccccc45)c3c2)cc1.c1ccc(-c2ccc3c4cc(-c5ccc6c(c5)c5ccccc5n6-c5ccccc5)ccc4n(-c4ccccc4)c3c2)cc1. The minimum Gasteiger partial charge on any atom is -0.309 e. The normalized spacial score (nSPS) is 11.7. The molecule has 142 heavy (non-hydrogen) atoms. The van der Waals surface area contributed by atoms with E-state index in [1.807, 2.05) is 0 Å². The summed E-state index contributed by atoms with van der Waals surface area (Å²) in [6, 6.07) is 198. The summed E-state index contributed by atoms with van der Waals surface area (Å²) in [5.74, 6) is 0. The third kappa shape index (κ3) is 14.3. The van der Waals surface area contributed by atoms with Gasteiger partial charge in [0.15, 0.2) is 0 Å². The first kappa shape index (κ1) is 82.6. The van der Waals surface area contributed by atoms with Crippen LogP contribution in [0, 0.1) is 0 Å². The van der Waals surface area contributed by atoms with Crippen molar-refractivity contribution in [1.29, 1.82) is 0 Å². The molecule has 0 fully saturated rings. The van der Waals surface area contributed by atoms with Gasteiger partial charge < -0.3 is 27.4 Å². The van der Waals surface area contributed by atoms with Crippen molar-refractivity contribution in [2.75, 3.05) is 0 Å². The average Bonchev–Trinajstić information content (AvgIpc) is 1.58. The van der Waals surface area contributed by atoms with Crippen LogP contribution in [0.15, 0.2) is 546 Å². The van der Waals surface area contributed by atoms with Gasteiger partial charge in [-0.25, -0.2) is 0 Å². The van der Waals surface area contributed by atoms with Crippen LogP contribution < -0.4 is 0 Å². The van der Waals surface area contributed by atoms with Crippen molar-refractivity contribution in [2.24, 2.45) is 0 Å². The van der Waals surface area contributed by atoms with E-state index in [0.717, 1.165) is 5.69 Å². The number of nitrogens with zero attached hydrogens (tertiary/aromatic N) is 6. The number of hydrogen-bond acceptors (Lipinski definition) is 0. The van der Waals surface area contributed by atoms with Gasteiger partial charge in [0, 0.05) is 98.5 Å². The molecule has 0 N–H and O–H groups in total. The highest BCUT2D eigenvalue weighted by Crippen LogP contribution is 2.47. The Hall–Kier alpha value is -18.9. The highest BCUT2D eigenvalue weighted by molar-refractivity contribution is 6.18. The van der Waals surface area contributed by atoms with Gasteiger partial charge in [0.1, 0.15) is 0 Å². The van der Waals surface area contributed by atoms with Crippen LogP contribution in [0.1, 0.15) is 0 Å². The molecule has 0 aliphatic rings. The first-order valence-electron chi connectivity index (χ1n) is 48.8. The smallest absolute Gasteiger partial charge is 0.0547 e. The van der Waals surface area contributed by atoms with E-state index in [-0.39, 0.29) is 0 Å². The van der Waals surface area contributed by atoms with E-state index < -0.39 is 0 Å². The predicted octanol–water partition coefficient (Wildman–Crippen LogP) is 36.5. The molecule has 0 saturated carbocycles. The molecule has 29 rings (SSSR count). The minimum atomic E-state index is 1.15. The van der Waals surface area contributed by atoms with Gasteiger partial charge in [-0.1, -0.05) is 364 Å². The quantitative estimate of drug-likeness (QED) is 0.110. The van der Waals surface area contributed by atoms with E-state index in [9.17, 15) is 0 Å². The van der Waals surface area contributed by atoms with Crippen molar-refractivity contribution in [1.82, 2.24) is 27.4 Å². The first-order chi connectivity index (χ1) is 70.4. The maximum atomic E-state index is 2.46. The fourth-order valence-corrected chi connectivity index (χ4v) is 22.3. The number of para-hydroxylation sites is 7. The zero-order valence-corrected chi connectivity index (χ0v) is 77.6. The molecule has 6 aromatic heterocycles. The Kier molecular flexibility index (Phi) is 20.2. The third-order valence-electron chi connectivity index (χ3n) is 28.9. The molecule has 0 unspecified atom stereocenters. The summed E-state index contributed by atoms with van der Waals surface area (Å²) in [6.07, 6.45) is 0. The topological polar surface area (TPSA) is 29.6 Å². The van der Waals surface area contributed by atoms with Gasteiger partial charge in [-0.05, 0) is 265 Å². The number of benzene rings is 23. The van der Waals surface area contributed by atoms with E-state index in [1.54, 1.807) is 0 Å². The molecule has 6 nitrogen and oxygen atoms in total. The number of rotatable bonds is 13. The molecule has 0 spiro atoms. The first-order valence-corrected chi connectivity index (χ1v) is 48.8. The summed E-state index contributed by atoms with van der Waals surface area (Å²) in [6.45, 7) is 0. The largest absolute Gasteiger partial charge is 0.309 e. The molecule has 664 valence electrons. The lowest BCUT2D eigenvalue weighted by atomic mass is 9.99. The van der Waals surface area contributed by atoms with E-state index in [0.29, 0.717) is 0 Å². The molecular weight excluding hydrogens is 1720 g/mol. The Morgan fingerprint density at radius 3 is 0.606 bits per heavy atom. The Morgan fingerprint density at radius 1 is 0.0915 bits per heavy atom. The van der Waals surface area contributed by atoms with Gasteiger partial charge in [0.2, 0.25) is 0 Å². The van der Waals surface area contributed by atoms with Crippen LogP contribution in [0.3, 0.4) is 0 Å². The van der Waals surface area contributed by atoms with Crippen LogP contribution in [0.4, 0.5) is 0 Å². The van der Waals surface area contributed by atoms with Crippen molar-refractivity contribution in [3.05, 3.63) is 546 Å². The molecule has 0 bridgehead atoms. The Balaban J connectivity index is 0.000000107. The zero-order valence-electron chi connectivity index (χ0n) is 77.6. The molecule has 6 heterocycles. The minimum absolute atomic E-state index is 1.15. The van der Waals surface area contributed by atoms with Crippen LogP contribution in [0.2, 0.25) is 0 Å². The summed E-state index contributed by atoms with van der Waals surface area (Å²) in [5, 5.41) is 17.6. The molecule has 6 heteroatoms. The number of aromatic nitrogens is 6. The predicted molar refractivity (Wildman–Crippen MR) is 601 cm³/mol. The van der Waals surface area contributed by atoms with Gasteiger partial charge in [0.05, 0.1) is 71.9 Å². The van der Waals surface area contributed by atoms with Crippen molar-refractivity contribution < 1.29 is 0 Å².